The monoisotopic (exact) mass is 476 g/mol. The molecule has 1 atom stereocenters. The van der Waals surface area contributed by atoms with E-state index in [1.807, 2.05) is 30.3 Å². The van der Waals surface area contributed by atoms with Crippen LogP contribution in [0.3, 0.4) is 0 Å². The summed E-state index contributed by atoms with van der Waals surface area (Å²) in [6.45, 7) is 1.80. The predicted molar refractivity (Wildman–Crippen MR) is 126 cm³/mol. The van der Waals surface area contributed by atoms with Gasteiger partial charge in [0.15, 0.2) is 0 Å². The van der Waals surface area contributed by atoms with E-state index in [9.17, 15) is 18.0 Å². The molecule has 1 aromatic rings. The first-order valence-electron chi connectivity index (χ1n) is 12.3. The van der Waals surface area contributed by atoms with Crippen molar-refractivity contribution in [2.45, 2.75) is 63.5 Å². The second-order valence-electron chi connectivity index (χ2n) is 9.40. The Kier molecular flexibility index (Phi) is 7.71. The van der Waals surface area contributed by atoms with Crippen LogP contribution in [-0.2, 0) is 19.8 Å². The summed E-state index contributed by atoms with van der Waals surface area (Å²) >= 11 is 0. The lowest BCUT2D eigenvalue weighted by Gasteiger charge is -2.41. The first kappa shape index (κ1) is 24.2. The number of carbonyl (C=O) groups is 2. The SMILES string of the molecule is CN(C1CCCCC1)S(=O)(=O)N1CCN(C(=O)C(c2ccccc2)N2CCCCC2=O)CC1. The number of likely N-dealkylation sites (tertiary alicyclic amines) is 1. The maximum absolute atomic E-state index is 13.6. The van der Waals surface area contributed by atoms with Gasteiger partial charge in [0.05, 0.1) is 0 Å². The molecule has 1 aromatic carbocycles. The highest BCUT2D eigenvalue weighted by molar-refractivity contribution is 7.86. The molecular formula is C24H36N4O4S. The Morgan fingerprint density at radius 3 is 2.24 bits per heavy atom. The number of nitrogens with zero attached hydrogens (tertiary/aromatic N) is 4. The maximum atomic E-state index is 13.6. The fourth-order valence-corrected chi connectivity index (χ4v) is 6.89. The van der Waals surface area contributed by atoms with Gasteiger partial charge >= 0.3 is 0 Å². The highest BCUT2D eigenvalue weighted by Gasteiger charge is 2.39. The van der Waals surface area contributed by atoms with Crippen LogP contribution in [0.2, 0.25) is 0 Å². The number of piperidine rings is 1. The van der Waals surface area contributed by atoms with Crippen molar-refractivity contribution in [2.24, 2.45) is 0 Å². The molecule has 1 unspecified atom stereocenters. The lowest BCUT2D eigenvalue weighted by atomic mass is 9.96. The van der Waals surface area contributed by atoms with Gasteiger partial charge in [-0.25, -0.2) is 0 Å². The molecule has 0 spiro atoms. The Labute approximate surface area is 197 Å². The zero-order chi connectivity index (χ0) is 23.4. The average Bonchev–Trinajstić information content (AvgIpc) is 2.86. The van der Waals surface area contributed by atoms with Crippen LogP contribution in [0.15, 0.2) is 30.3 Å². The number of rotatable bonds is 6. The Morgan fingerprint density at radius 2 is 1.61 bits per heavy atom. The van der Waals surface area contributed by atoms with Gasteiger partial charge in [-0.2, -0.15) is 17.0 Å². The fraction of sp³-hybridized carbons (Fsp3) is 0.667. The number of hydrogen-bond acceptors (Lipinski definition) is 4. The van der Waals surface area contributed by atoms with Crippen molar-refractivity contribution in [2.75, 3.05) is 39.8 Å². The maximum Gasteiger partial charge on any atom is 0.282 e. The van der Waals surface area contributed by atoms with Gasteiger partial charge in [-0.15, -0.1) is 0 Å². The topological polar surface area (TPSA) is 81.2 Å². The molecular weight excluding hydrogens is 440 g/mol. The lowest BCUT2D eigenvalue weighted by Crippen LogP contribution is -2.57. The normalized spacial score (nSPS) is 22.5. The van der Waals surface area contributed by atoms with E-state index in [0.717, 1.165) is 44.1 Å². The van der Waals surface area contributed by atoms with Crippen molar-refractivity contribution in [3.8, 4) is 0 Å². The molecule has 2 amide bonds. The van der Waals surface area contributed by atoms with Gasteiger partial charge in [0.25, 0.3) is 10.2 Å². The summed E-state index contributed by atoms with van der Waals surface area (Å²) in [7, 11) is -1.86. The van der Waals surface area contributed by atoms with Crippen molar-refractivity contribution in [3.05, 3.63) is 35.9 Å². The van der Waals surface area contributed by atoms with Crippen LogP contribution in [0.4, 0.5) is 0 Å². The molecule has 9 heteroatoms. The van der Waals surface area contributed by atoms with Crippen LogP contribution >= 0.6 is 0 Å². The van der Waals surface area contributed by atoms with Crippen LogP contribution in [0, 0.1) is 0 Å². The van der Waals surface area contributed by atoms with Crippen LogP contribution in [-0.4, -0.2) is 84.5 Å². The second kappa shape index (κ2) is 10.5. The second-order valence-corrected chi connectivity index (χ2v) is 11.4. The first-order chi connectivity index (χ1) is 15.9. The zero-order valence-electron chi connectivity index (χ0n) is 19.6. The first-order valence-corrected chi connectivity index (χ1v) is 13.7. The summed E-state index contributed by atoms with van der Waals surface area (Å²) in [6, 6.07) is 8.87. The van der Waals surface area contributed by atoms with Crippen molar-refractivity contribution < 1.29 is 18.0 Å². The third kappa shape index (κ3) is 5.25. The Balaban J connectivity index is 1.45. The number of piperazine rings is 1. The van der Waals surface area contributed by atoms with E-state index in [0.29, 0.717) is 26.1 Å². The summed E-state index contributed by atoms with van der Waals surface area (Å²) in [5.41, 5.74) is 0.810. The van der Waals surface area contributed by atoms with E-state index < -0.39 is 16.3 Å². The molecule has 0 N–H and O–H groups in total. The molecule has 2 heterocycles. The van der Waals surface area contributed by atoms with Gasteiger partial charge < -0.3 is 9.80 Å². The van der Waals surface area contributed by atoms with E-state index in [1.54, 1.807) is 21.2 Å². The third-order valence-electron chi connectivity index (χ3n) is 7.35. The molecule has 182 valence electrons. The smallest absolute Gasteiger partial charge is 0.282 e. The molecule has 0 radical (unpaired) electrons. The van der Waals surface area contributed by atoms with Crippen LogP contribution in [0.1, 0.15) is 63.0 Å². The number of hydrogen-bond donors (Lipinski definition) is 0. The summed E-state index contributed by atoms with van der Waals surface area (Å²) in [5, 5.41) is 0. The zero-order valence-corrected chi connectivity index (χ0v) is 20.4. The highest BCUT2D eigenvalue weighted by atomic mass is 32.2. The van der Waals surface area contributed by atoms with E-state index in [-0.39, 0.29) is 30.9 Å². The summed E-state index contributed by atoms with van der Waals surface area (Å²) in [5.74, 6) is -0.104. The molecule has 4 rings (SSSR count). The van der Waals surface area contributed by atoms with Gasteiger partial charge in [0, 0.05) is 52.2 Å². The minimum Gasteiger partial charge on any atom is -0.338 e. The Bertz CT molecular complexity index is 925. The molecule has 2 saturated heterocycles. The van der Waals surface area contributed by atoms with Crippen LogP contribution < -0.4 is 0 Å². The van der Waals surface area contributed by atoms with Crippen molar-refractivity contribution in [1.29, 1.82) is 0 Å². The van der Waals surface area contributed by atoms with E-state index in [1.165, 1.54) is 10.7 Å². The van der Waals surface area contributed by atoms with Gasteiger partial charge in [0.1, 0.15) is 6.04 Å². The average molecular weight is 477 g/mol. The van der Waals surface area contributed by atoms with Crippen molar-refractivity contribution in [1.82, 2.24) is 18.4 Å². The molecule has 0 bridgehead atoms. The van der Waals surface area contributed by atoms with Gasteiger partial charge in [0.2, 0.25) is 11.8 Å². The molecule has 3 aliphatic rings. The Hall–Kier alpha value is -1.97. The Morgan fingerprint density at radius 1 is 0.939 bits per heavy atom. The highest BCUT2D eigenvalue weighted by Crippen LogP contribution is 2.29. The van der Waals surface area contributed by atoms with Crippen LogP contribution in [0.5, 0.6) is 0 Å². The standard InChI is InChI=1S/C24H36N4O4S/c1-25(21-12-6-3-7-13-21)33(31,32)27-18-16-26(17-19-27)24(30)23(20-10-4-2-5-11-20)28-15-9-8-14-22(28)29/h2,4-5,10-11,21,23H,3,6-9,12-19H2,1H3. The minimum atomic E-state index is -3.55. The van der Waals surface area contributed by atoms with Crippen molar-refractivity contribution >= 4 is 22.0 Å². The quantitative estimate of drug-likeness (QED) is 0.631. The minimum absolute atomic E-state index is 0.0128. The molecule has 1 aliphatic carbocycles. The molecule has 3 fully saturated rings. The molecule has 33 heavy (non-hydrogen) atoms. The molecule has 8 nitrogen and oxygen atoms in total. The number of carbonyl (C=O) groups excluding carboxylic acids is 2. The van der Waals surface area contributed by atoms with E-state index in [4.69, 9.17) is 0 Å². The van der Waals surface area contributed by atoms with E-state index >= 15 is 0 Å². The molecule has 2 aliphatic heterocycles. The molecule has 1 saturated carbocycles. The van der Waals surface area contributed by atoms with Gasteiger partial charge in [-0.1, -0.05) is 49.6 Å². The molecule has 0 aromatic heterocycles. The summed E-state index contributed by atoms with van der Waals surface area (Å²) in [6.07, 6.45) is 7.36. The van der Waals surface area contributed by atoms with Gasteiger partial charge in [-0.05, 0) is 31.2 Å². The van der Waals surface area contributed by atoms with Gasteiger partial charge in [-0.3, -0.25) is 9.59 Å². The van der Waals surface area contributed by atoms with Crippen molar-refractivity contribution in [3.63, 3.8) is 0 Å². The lowest BCUT2D eigenvalue weighted by molar-refractivity contribution is -0.148. The predicted octanol–water partition coefficient (Wildman–Crippen LogP) is 2.39. The number of amides is 2. The van der Waals surface area contributed by atoms with Crippen LogP contribution in [0.25, 0.3) is 0 Å². The van der Waals surface area contributed by atoms with E-state index in [2.05, 4.69) is 0 Å². The largest absolute Gasteiger partial charge is 0.338 e. The summed E-state index contributed by atoms with van der Waals surface area (Å²) in [4.78, 5) is 29.7. The third-order valence-corrected chi connectivity index (χ3v) is 9.39. The fourth-order valence-electron chi connectivity index (χ4n) is 5.32. The number of benzene rings is 1. The summed E-state index contributed by atoms with van der Waals surface area (Å²) < 4.78 is 29.5.